The summed E-state index contributed by atoms with van der Waals surface area (Å²) in [6.45, 7) is 2.83. The maximum Gasteiger partial charge on any atom is 0.0452 e. The van der Waals surface area contributed by atoms with Gasteiger partial charge in [0.15, 0.2) is 0 Å². The van der Waals surface area contributed by atoms with Gasteiger partial charge in [0.1, 0.15) is 0 Å². The van der Waals surface area contributed by atoms with Gasteiger partial charge in [0.25, 0.3) is 0 Å². The first kappa shape index (κ1) is 11.2. The summed E-state index contributed by atoms with van der Waals surface area (Å²) in [6.07, 6.45) is 1.07. The minimum Gasteiger partial charge on any atom is -0.326 e. The highest BCUT2D eigenvalue weighted by molar-refractivity contribution is 6.33. The Hall–Kier alpha value is -0.280. The molecular weight excluding hydrogens is 231 g/mol. The molecule has 1 aliphatic rings. The highest BCUT2D eigenvalue weighted by Gasteiger charge is 2.19. The monoisotopic (exact) mass is 244 g/mol. The largest absolute Gasteiger partial charge is 0.326 e. The van der Waals surface area contributed by atoms with Crippen molar-refractivity contribution in [2.75, 3.05) is 13.1 Å². The Bertz CT molecular complexity index is 354. The quantitative estimate of drug-likeness (QED) is 0.867. The second kappa shape index (κ2) is 4.71. The summed E-state index contributed by atoms with van der Waals surface area (Å²) in [4.78, 5) is 2.31. The van der Waals surface area contributed by atoms with Crippen LogP contribution in [0, 0.1) is 0 Å². The number of benzene rings is 1. The second-order valence-corrected chi connectivity index (χ2v) is 4.86. The molecule has 2 nitrogen and oxygen atoms in total. The highest BCUT2D eigenvalue weighted by atomic mass is 35.5. The smallest absolute Gasteiger partial charge is 0.0452 e. The summed E-state index contributed by atoms with van der Waals surface area (Å²) < 4.78 is 0. The van der Waals surface area contributed by atoms with E-state index in [-0.39, 0.29) is 0 Å². The van der Waals surface area contributed by atoms with Crippen molar-refractivity contribution in [3.63, 3.8) is 0 Å². The standard InChI is InChI=1S/C11H14Cl2N2/c12-9-1-2-11(13)8(5-9)6-15-4-3-10(14)7-15/h1-2,5,10H,3-4,6-7,14H2/t10-/m0/s1. The highest BCUT2D eigenvalue weighted by Crippen LogP contribution is 2.23. The molecule has 0 aliphatic carbocycles. The van der Waals surface area contributed by atoms with Gasteiger partial charge in [-0.05, 0) is 30.2 Å². The molecule has 1 aliphatic heterocycles. The van der Waals surface area contributed by atoms with Crippen LogP contribution >= 0.6 is 23.2 Å². The van der Waals surface area contributed by atoms with Crippen molar-refractivity contribution in [1.82, 2.24) is 4.90 Å². The van der Waals surface area contributed by atoms with E-state index in [1.54, 1.807) is 0 Å². The molecule has 0 spiro atoms. The molecule has 1 aromatic rings. The fraction of sp³-hybridized carbons (Fsp3) is 0.455. The van der Waals surface area contributed by atoms with Crippen LogP contribution in [-0.4, -0.2) is 24.0 Å². The summed E-state index contributed by atoms with van der Waals surface area (Å²) in [5, 5.41) is 1.51. The molecular formula is C11H14Cl2N2. The van der Waals surface area contributed by atoms with Crippen molar-refractivity contribution >= 4 is 23.2 Å². The van der Waals surface area contributed by atoms with Crippen LogP contribution in [-0.2, 0) is 6.54 Å². The zero-order valence-electron chi connectivity index (χ0n) is 8.42. The molecule has 15 heavy (non-hydrogen) atoms. The molecule has 0 unspecified atom stereocenters. The lowest BCUT2D eigenvalue weighted by Gasteiger charge is -2.16. The normalized spacial score (nSPS) is 22.2. The zero-order valence-corrected chi connectivity index (χ0v) is 9.93. The minimum absolute atomic E-state index is 0.308. The van der Waals surface area contributed by atoms with Crippen LogP contribution in [0.25, 0.3) is 0 Å². The summed E-state index contributed by atoms with van der Waals surface area (Å²) >= 11 is 12.0. The Labute approximate surface area is 100.0 Å². The van der Waals surface area contributed by atoms with Crippen LogP contribution in [0.2, 0.25) is 10.0 Å². The Morgan fingerprint density at radius 2 is 2.20 bits per heavy atom. The molecule has 1 atom stereocenters. The van der Waals surface area contributed by atoms with Gasteiger partial charge in [-0.25, -0.2) is 0 Å². The molecule has 0 radical (unpaired) electrons. The molecule has 0 bridgehead atoms. The third-order valence-electron chi connectivity index (χ3n) is 2.71. The van der Waals surface area contributed by atoms with Gasteiger partial charge in [-0.1, -0.05) is 23.2 Å². The van der Waals surface area contributed by atoms with E-state index in [0.29, 0.717) is 6.04 Å². The molecule has 0 aromatic heterocycles. The zero-order chi connectivity index (χ0) is 10.8. The van der Waals surface area contributed by atoms with Gasteiger partial charge in [0.2, 0.25) is 0 Å². The summed E-state index contributed by atoms with van der Waals surface area (Å²) in [5.41, 5.74) is 6.93. The third-order valence-corrected chi connectivity index (χ3v) is 3.31. The first-order valence-corrected chi connectivity index (χ1v) is 5.82. The van der Waals surface area contributed by atoms with Gasteiger partial charge < -0.3 is 5.73 Å². The molecule has 1 fully saturated rings. The topological polar surface area (TPSA) is 29.3 Å². The van der Waals surface area contributed by atoms with Gasteiger partial charge in [-0.3, -0.25) is 4.90 Å². The van der Waals surface area contributed by atoms with Gasteiger partial charge in [0.05, 0.1) is 0 Å². The number of nitrogens with two attached hydrogens (primary N) is 1. The van der Waals surface area contributed by atoms with Crippen LogP contribution in [0.3, 0.4) is 0 Å². The molecule has 2 N–H and O–H groups in total. The molecule has 2 rings (SSSR count). The molecule has 4 heteroatoms. The van der Waals surface area contributed by atoms with E-state index in [1.165, 1.54) is 0 Å². The maximum atomic E-state index is 6.09. The minimum atomic E-state index is 0.308. The van der Waals surface area contributed by atoms with Gasteiger partial charge in [0, 0.05) is 35.7 Å². The van der Waals surface area contributed by atoms with E-state index in [9.17, 15) is 0 Å². The van der Waals surface area contributed by atoms with Crippen LogP contribution in [0.5, 0.6) is 0 Å². The predicted octanol–water partition coefficient (Wildman–Crippen LogP) is 2.53. The number of hydrogen-bond donors (Lipinski definition) is 1. The van der Waals surface area contributed by atoms with E-state index in [1.807, 2.05) is 18.2 Å². The van der Waals surface area contributed by atoms with Crippen molar-refractivity contribution in [2.24, 2.45) is 5.73 Å². The lowest BCUT2D eigenvalue weighted by atomic mass is 10.2. The van der Waals surface area contributed by atoms with E-state index in [0.717, 1.165) is 41.7 Å². The van der Waals surface area contributed by atoms with Crippen molar-refractivity contribution in [2.45, 2.75) is 19.0 Å². The summed E-state index contributed by atoms with van der Waals surface area (Å²) in [6, 6.07) is 5.88. The molecule has 1 heterocycles. The Balaban J connectivity index is 2.07. The molecule has 0 amide bonds. The van der Waals surface area contributed by atoms with E-state index < -0.39 is 0 Å². The Morgan fingerprint density at radius 3 is 2.87 bits per heavy atom. The average Bonchev–Trinajstić information content (AvgIpc) is 2.58. The van der Waals surface area contributed by atoms with E-state index in [4.69, 9.17) is 28.9 Å². The first-order chi connectivity index (χ1) is 7.15. The van der Waals surface area contributed by atoms with E-state index in [2.05, 4.69) is 4.90 Å². The first-order valence-electron chi connectivity index (χ1n) is 5.07. The average molecular weight is 245 g/mol. The van der Waals surface area contributed by atoms with Gasteiger partial charge in [-0.2, -0.15) is 0 Å². The van der Waals surface area contributed by atoms with Crippen molar-refractivity contribution in [3.05, 3.63) is 33.8 Å². The maximum absolute atomic E-state index is 6.09. The van der Waals surface area contributed by atoms with E-state index >= 15 is 0 Å². The number of likely N-dealkylation sites (tertiary alicyclic amines) is 1. The molecule has 1 saturated heterocycles. The van der Waals surface area contributed by atoms with Gasteiger partial charge in [-0.15, -0.1) is 0 Å². The fourth-order valence-electron chi connectivity index (χ4n) is 1.91. The second-order valence-electron chi connectivity index (χ2n) is 4.02. The Kier molecular flexibility index (Phi) is 3.52. The van der Waals surface area contributed by atoms with Crippen LogP contribution in [0.4, 0.5) is 0 Å². The predicted molar refractivity (Wildman–Crippen MR) is 64.3 cm³/mol. The number of nitrogens with zero attached hydrogens (tertiary/aromatic N) is 1. The summed E-state index contributed by atoms with van der Waals surface area (Å²) in [5.74, 6) is 0. The molecule has 0 saturated carbocycles. The van der Waals surface area contributed by atoms with Crippen molar-refractivity contribution in [3.8, 4) is 0 Å². The van der Waals surface area contributed by atoms with Crippen LogP contribution in [0.15, 0.2) is 18.2 Å². The lowest BCUT2D eigenvalue weighted by Crippen LogP contribution is -2.26. The molecule has 82 valence electrons. The number of rotatable bonds is 2. The molecule has 1 aromatic carbocycles. The number of hydrogen-bond acceptors (Lipinski definition) is 2. The number of halogens is 2. The SMILES string of the molecule is N[C@H]1CCN(Cc2cc(Cl)ccc2Cl)C1. The van der Waals surface area contributed by atoms with Crippen LogP contribution < -0.4 is 5.73 Å². The fourth-order valence-corrected chi connectivity index (χ4v) is 2.28. The lowest BCUT2D eigenvalue weighted by molar-refractivity contribution is 0.327. The van der Waals surface area contributed by atoms with Crippen molar-refractivity contribution in [1.29, 1.82) is 0 Å². The third kappa shape index (κ3) is 2.85. The van der Waals surface area contributed by atoms with Crippen molar-refractivity contribution < 1.29 is 0 Å². The van der Waals surface area contributed by atoms with Crippen LogP contribution in [0.1, 0.15) is 12.0 Å². The summed E-state index contributed by atoms with van der Waals surface area (Å²) in [7, 11) is 0. The van der Waals surface area contributed by atoms with Gasteiger partial charge >= 0.3 is 0 Å². The Morgan fingerprint density at radius 1 is 1.40 bits per heavy atom.